The minimum Gasteiger partial charge on any atom is -0.326 e. The zero-order chi connectivity index (χ0) is 17.8. The maximum Gasteiger partial charge on any atom is 0.229 e. The first-order chi connectivity index (χ1) is 12.1. The number of rotatable bonds is 5. The van der Waals surface area contributed by atoms with Gasteiger partial charge in [-0.15, -0.1) is 11.8 Å². The van der Waals surface area contributed by atoms with Crippen LogP contribution in [0.5, 0.6) is 0 Å². The van der Waals surface area contributed by atoms with Gasteiger partial charge < -0.3 is 10.2 Å². The first kappa shape index (κ1) is 17.5. The summed E-state index contributed by atoms with van der Waals surface area (Å²) in [6.45, 7) is 2.53. The third-order valence-corrected chi connectivity index (χ3v) is 5.25. The lowest BCUT2D eigenvalue weighted by Gasteiger charge is -2.17. The normalized spacial score (nSPS) is 17.0. The molecule has 5 heteroatoms. The first-order valence-electron chi connectivity index (χ1n) is 8.45. The van der Waals surface area contributed by atoms with Crippen LogP contribution in [-0.4, -0.2) is 24.6 Å². The second kappa shape index (κ2) is 7.74. The smallest absolute Gasteiger partial charge is 0.229 e. The summed E-state index contributed by atoms with van der Waals surface area (Å²) < 4.78 is 0. The molecule has 2 amide bonds. The van der Waals surface area contributed by atoms with E-state index < -0.39 is 0 Å². The number of thioether (sulfide) groups is 1. The second-order valence-electron chi connectivity index (χ2n) is 6.14. The van der Waals surface area contributed by atoms with Gasteiger partial charge in [-0.25, -0.2) is 0 Å². The average Bonchev–Trinajstić information content (AvgIpc) is 3.04. The number of nitrogens with one attached hydrogen (secondary N) is 1. The summed E-state index contributed by atoms with van der Waals surface area (Å²) in [4.78, 5) is 27.7. The van der Waals surface area contributed by atoms with Crippen molar-refractivity contribution in [3.63, 3.8) is 0 Å². The lowest BCUT2D eigenvalue weighted by atomic mass is 10.1. The Labute approximate surface area is 152 Å². The van der Waals surface area contributed by atoms with Crippen molar-refractivity contribution in [3.8, 4) is 0 Å². The van der Waals surface area contributed by atoms with Gasteiger partial charge in [0.05, 0.1) is 5.92 Å². The van der Waals surface area contributed by atoms with Crippen molar-refractivity contribution in [2.24, 2.45) is 5.92 Å². The number of amides is 2. The van der Waals surface area contributed by atoms with Crippen LogP contribution in [0.1, 0.15) is 18.9 Å². The van der Waals surface area contributed by atoms with E-state index in [9.17, 15) is 9.59 Å². The monoisotopic (exact) mass is 354 g/mol. The topological polar surface area (TPSA) is 49.4 Å². The molecule has 2 aromatic carbocycles. The van der Waals surface area contributed by atoms with Crippen molar-refractivity contribution < 1.29 is 9.59 Å². The third-order valence-electron chi connectivity index (χ3n) is 4.51. The molecule has 130 valence electrons. The molecule has 1 atom stereocenters. The van der Waals surface area contributed by atoms with Crippen LogP contribution in [0.3, 0.4) is 0 Å². The van der Waals surface area contributed by atoms with E-state index in [2.05, 4.69) is 12.2 Å². The minimum atomic E-state index is -0.321. The molecule has 1 fully saturated rings. The molecule has 1 heterocycles. The summed E-state index contributed by atoms with van der Waals surface area (Å²) in [5, 5.41) is 2.92. The number of benzene rings is 2. The molecular formula is C20H22N2O2S. The van der Waals surface area contributed by atoms with Gasteiger partial charge in [0.25, 0.3) is 0 Å². The summed E-state index contributed by atoms with van der Waals surface area (Å²) in [5.74, 6) is -0.418. The van der Waals surface area contributed by atoms with Crippen LogP contribution in [0.25, 0.3) is 0 Å². The summed E-state index contributed by atoms with van der Waals surface area (Å²) in [7, 11) is 0. The van der Waals surface area contributed by atoms with E-state index in [0.717, 1.165) is 22.7 Å². The molecule has 1 N–H and O–H groups in total. The molecule has 0 aromatic heterocycles. The van der Waals surface area contributed by atoms with Crippen molar-refractivity contribution in [2.75, 3.05) is 23.0 Å². The minimum absolute atomic E-state index is 0.00197. The predicted molar refractivity (Wildman–Crippen MR) is 103 cm³/mol. The van der Waals surface area contributed by atoms with Crippen molar-refractivity contribution in [1.29, 1.82) is 0 Å². The lowest BCUT2D eigenvalue weighted by Crippen LogP contribution is -2.28. The van der Waals surface area contributed by atoms with Crippen molar-refractivity contribution >= 4 is 35.0 Å². The van der Waals surface area contributed by atoms with Crippen LogP contribution < -0.4 is 10.2 Å². The van der Waals surface area contributed by atoms with Crippen LogP contribution in [0.2, 0.25) is 0 Å². The lowest BCUT2D eigenvalue weighted by molar-refractivity contribution is -0.122. The molecule has 4 nitrogen and oxygen atoms in total. The van der Waals surface area contributed by atoms with Crippen LogP contribution in [-0.2, 0) is 16.0 Å². The molecule has 25 heavy (non-hydrogen) atoms. The summed E-state index contributed by atoms with van der Waals surface area (Å²) in [5.41, 5.74) is 2.86. The van der Waals surface area contributed by atoms with Gasteiger partial charge in [-0.2, -0.15) is 0 Å². The summed E-state index contributed by atoms with van der Waals surface area (Å²) >= 11 is 1.66. The molecule has 1 aliphatic heterocycles. The Balaban J connectivity index is 1.65. The van der Waals surface area contributed by atoms with Gasteiger partial charge in [0.2, 0.25) is 11.8 Å². The fourth-order valence-electron chi connectivity index (χ4n) is 2.96. The Morgan fingerprint density at radius 2 is 1.84 bits per heavy atom. The number of carbonyl (C=O) groups is 2. The number of hydrogen-bond acceptors (Lipinski definition) is 3. The largest absolute Gasteiger partial charge is 0.326 e. The van der Waals surface area contributed by atoms with Gasteiger partial charge >= 0.3 is 0 Å². The van der Waals surface area contributed by atoms with E-state index in [1.165, 1.54) is 5.56 Å². The molecule has 0 saturated carbocycles. The highest BCUT2D eigenvalue weighted by Crippen LogP contribution is 2.27. The van der Waals surface area contributed by atoms with E-state index in [1.54, 1.807) is 16.7 Å². The van der Waals surface area contributed by atoms with Crippen molar-refractivity contribution in [2.45, 2.75) is 24.7 Å². The molecule has 0 aliphatic carbocycles. The van der Waals surface area contributed by atoms with Gasteiger partial charge in [-0.3, -0.25) is 9.59 Å². The number of anilines is 2. The molecule has 2 aromatic rings. The van der Waals surface area contributed by atoms with E-state index in [4.69, 9.17) is 0 Å². The number of carbonyl (C=O) groups excluding carboxylic acids is 2. The summed E-state index contributed by atoms with van der Waals surface area (Å²) in [6.07, 6.45) is 3.23. The zero-order valence-electron chi connectivity index (χ0n) is 14.5. The van der Waals surface area contributed by atoms with E-state index in [-0.39, 0.29) is 24.2 Å². The number of nitrogens with zero attached hydrogens (tertiary/aromatic N) is 1. The molecule has 0 bridgehead atoms. The molecule has 3 rings (SSSR count). The van der Waals surface area contributed by atoms with Crippen molar-refractivity contribution in [1.82, 2.24) is 0 Å². The SMILES string of the molecule is CCc1ccc(N2C[C@@H](C(=O)Nc3ccc(SC)cc3)CC2=O)cc1. The fourth-order valence-corrected chi connectivity index (χ4v) is 3.37. The highest BCUT2D eigenvalue weighted by atomic mass is 32.2. The maximum absolute atomic E-state index is 12.5. The van der Waals surface area contributed by atoms with Gasteiger partial charge in [0, 0.05) is 29.2 Å². The molecule has 0 unspecified atom stereocenters. The Hall–Kier alpha value is -2.27. The maximum atomic E-state index is 12.5. The van der Waals surface area contributed by atoms with Gasteiger partial charge in [-0.05, 0) is 54.6 Å². The highest BCUT2D eigenvalue weighted by Gasteiger charge is 2.35. The van der Waals surface area contributed by atoms with Crippen LogP contribution in [0, 0.1) is 5.92 Å². The van der Waals surface area contributed by atoms with Crippen LogP contribution in [0.4, 0.5) is 11.4 Å². The second-order valence-corrected chi connectivity index (χ2v) is 7.02. The Morgan fingerprint density at radius 3 is 2.44 bits per heavy atom. The molecule has 0 radical (unpaired) electrons. The fraction of sp³-hybridized carbons (Fsp3) is 0.300. The Bertz CT molecular complexity index is 756. The van der Waals surface area contributed by atoms with Gasteiger partial charge in [0.1, 0.15) is 0 Å². The Kier molecular flexibility index (Phi) is 5.43. The Morgan fingerprint density at radius 1 is 1.16 bits per heavy atom. The van der Waals surface area contributed by atoms with Gasteiger partial charge in [-0.1, -0.05) is 19.1 Å². The first-order valence-corrected chi connectivity index (χ1v) is 9.67. The summed E-state index contributed by atoms with van der Waals surface area (Å²) in [6, 6.07) is 15.7. The van der Waals surface area contributed by atoms with E-state index in [0.29, 0.717) is 6.54 Å². The average molecular weight is 354 g/mol. The molecule has 0 spiro atoms. The van der Waals surface area contributed by atoms with Gasteiger partial charge in [0.15, 0.2) is 0 Å². The zero-order valence-corrected chi connectivity index (χ0v) is 15.3. The molecular weight excluding hydrogens is 332 g/mol. The van der Waals surface area contributed by atoms with Crippen LogP contribution >= 0.6 is 11.8 Å². The predicted octanol–water partition coefficient (Wildman–Crippen LogP) is 3.96. The number of aryl methyl sites for hydroxylation is 1. The third kappa shape index (κ3) is 4.04. The highest BCUT2D eigenvalue weighted by molar-refractivity contribution is 7.98. The van der Waals surface area contributed by atoms with E-state index in [1.807, 2.05) is 54.8 Å². The van der Waals surface area contributed by atoms with Crippen LogP contribution in [0.15, 0.2) is 53.4 Å². The number of hydrogen-bond donors (Lipinski definition) is 1. The quantitative estimate of drug-likeness (QED) is 0.827. The molecule has 1 saturated heterocycles. The standard InChI is InChI=1S/C20H22N2O2S/c1-3-14-4-8-17(9-5-14)22-13-15(12-19(22)23)20(24)21-16-6-10-18(25-2)11-7-16/h4-11,15H,3,12-13H2,1-2H3,(H,21,24)/t15-/m0/s1. The molecule has 1 aliphatic rings. The van der Waals surface area contributed by atoms with E-state index >= 15 is 0 Å². The van der Waals surface area contributed by atoms with Crippen molar-refractivity contribution in [3.05, 3.63) is 54.1 Å².